The number of rotatable bonds is 4. The van der Waals surface area contributed by atoms with E-state index in [9.17, 15) is 0 Å². The molecule has 0 aromatic carbocycles. The summed E-state index contributed by atoms with van der Waals surface area (Å²) in [6, 6.07) is 2.06. The van der Waals surface area contributed by atoms with Crippen LogP contribution in [0.25, 0.3) is 0 Å². The van der Waals surface area contributed by atoms with Crippen molar-refractivity contribution in [2.75, 3.05) is 0 Å². The fraction of sp³-hybridized carbons (Fsp3) is 0.455. The first-order valence-corrected chi connectivity index (χ1v) is 6.25. The maximum Gasteiger partial charge on any atom is 0.0944 e. The highest BCUT2D eigenvalue weighted by Gasteiger charge is 2.13. The zero-order chi connectivity index (χ0) is 11.5. The molecule has 0 radical (unpaired) electrons. The SMILES string of the molecule is CCc1cc(C(N)Cc2nccs2)n(C)n1. The van der Waals surface area contributed by atoms with Crippen LogP contribution in [0.5, 0.6) is 0 Å². The maximum atomic E-state index is 6.16. The normalized spacial score (nSPS) is 12.9. The molecule has 0 saturated carbocycles. The zero-order valence-corrected chi connectivity index (χ0v) is 10.4. The van der Waals surface area contributed by atoms with E-state index in [1.807, 2.05) is 23.3 Å². The van der Waals surface area contributed by atoms with Crippen LogP contribution in [-0.4, -0.2) is 14.8 Å². The summed E-state index contributed by atoms with van der Waals surface area (Å²) in [7, 11) is 1.94. The lowest BCUT2D eigenvalue weighted by molar-refractivity contribution is 0.613. The molecule has 16 heavy (non-hydrogen) atoms. The Morgan fingerprint density at radius 3 is 2.94 bits per heavy atom. The molecular formula is C11H16N4S. The van der Waals surface area contributed by atoms with Crippen molar-refractivity contribution in [1.82, 2.24) is 14.8 Å². The van der Waals surface area contributed by atoms with Crippen molar-refractivity contribution in [3.63, 3.8) is 0 Å². The minimum Gasteiger partial charge on any atom is -0.322 e. The summed E-state index contributed by atoms with van der Waals surface area (Å²) in [5.41, 5.74) is 8.33. The number of nitrogens with two attached hydrogens (primary N) is 1. The maximum absolute atomic E-state index is 6.16. The van der Waals surface area contributed by atoms with Gasteiger partial charge in [-0.15, -0.1) is 11.3 Å². The molecule has 2 N–H and O–H groups in total. The number of nitrogens with zero attached hydrogens (tertiary/aromatic N) is 3. The van der Waals surface area contributed by atoms with Gasteiger partial charge in [-0.2, -0.15) is 5.10 Å². The van der Waals surface area contributed by atoms with Gasteiger partial charge in [-0.25, -0.2) is 4.98 Å². The van der Waals surface area contributed by atoms with E-state index in [1.54, 1.807) is 11.3 Å². The minimum absolute atomic E-state index is 0.0241. The molecule has 0 aliphatic heterocycles. The zero-order valence-electron chi connectivity index (χ0n) is 9.55. The fourth-order valence-electron chi connectivity index (χ4n) is 1.71. The van der Waals surface area contributed by atoms with Crippen molar-refractivity contribution >= 4 is 11.3 Å². The molecule has 5 heteroatoms. The van der Waals surface area contributed by atoms with Crippen LogP contribution in [-0.2, 0) is 19.9 Å². The molecule has 0 amide bonds. The summed E-state index contributed by atoms with van der Waals surface area (Å²) in [6.45, 7) is 2.10. The second kappa shape index (κ2) is 4.76. The first-order valence-electron chi connectivity index (χ1n) is 5.37. The third-order valence-corrected chi connectivity index (χ3v) is 3.39. The molecule has 0 aliphatic carbocycles. The van der Waals surface area contributed by atoms with Crippen LogP contribution in [0.4, 0.5) is 0 Å². The second-order valence-corrected chi connectivity index (χ2v) is 4.75. The average molecular weight is 236 g/mol. The number of hydrogen-bond acceptors (Lipinski definition) is 4. The lowest BCUT2D eigenvalue weighted by Gasteiger charge is -2.09. The summed E-state index contributed by atoms with van der Waals surface area (Å²) in [5.74, 6) is 0. The predicted octanol–water partition coefficient (Wildman–Crippen LogP) is 1.68. The standard InChI is InChI=1S/C11H16N4S/c1-3-8-6-10(15(2)14-8)9(12)7-11-13-4-5-16-11/h4-6,9H,3,7,12H2,1-2H3. The molecule has 2 aromatic heterocycles. The molecule has 0 fully saturated rings. The van der Waals surface area contributed by atoms with Gasteiger partial charge in [0.2, 0.25) is 0 Å². The van der Waals surface area contributed by atoms with Gasteiger partial charge in [0.25, 0.3) is 0 Å². The van der Waals surface area contributed by atoms with Crippen LogP contribution in [0.2, 0.25) is 0 Å². The number of thiazole rings is 1. The summed E-state index contributed by atoms with van der Waals surface area (Å²) >= 11 is 1.64. The average Bonchev–Trinajstić information content (AvgIpc) is 2.87. The monoisotopic (exact) mass is 236 g/mol. The molecule has 4 nitrogen and oxygen atoms in total. The van der Waals surface area contributed by atoms with Gasteiger partial charge in [0.1, 0.15) is 0 Å². The van der Waals surface area contributed by atoms with Crippen molar-refractivity contribution in [3.05, 3.63) is 34.0 Å². The van der Waals surface area contributed by atoms with Gasteiger partial charge in [-0.3, -0.25) is 4.68 Å². The highest BCUT2D eigenvalue weighted by Crippen LogP contribution is 2.18. The Bertz CT molecular complexity index is 447. The molecule has 2 rings (SSSR count). The highest BCUT2D eigenvalue weighted by molar-refractivity contribution is 7.09. The Kier molecular flexibility index (Phi) is 3.36. The van der Waals surface area contributed by atoms with Gasteiger partial charge >= 0.3 is 0 Å². The minimum atomic E-state index is -0.0241. The topological polar surface area (TPSA) is 56.7 Å². The molecule has 0 bridgehead atoms. The fourth-order valence-corrected chi connectivity index (χ4v) is 2.39. The summed E-state index contributed by atoms with van der Waals surface area (Å²) < 4.78 is 1.87. The molecule has 2 aromatic rings. The second-order valence-electron chi connectivity index (χ2n) is 3.77. The van der Waals surface area contributed by atoms with Gasteiger partial charge in [0, 0.05) is 25.0 Å². The van der Waals surface area contributed by atoms with Gasteiger partial charge in [0.05, 0.1) is 22.4 Å². The van der Waals surface area contributed by atoms with E-state index in [2.05, 4.69) is 23.1 Å². The molecule has 0 spiro atoms. The molecule has 0 aliphatic rings. The van der Waals surface area contributed by atoms with E-state index < -0.39 is 0 Å². The number of aromatic nitrogens is 3. The van der Waals surface area contributed by atoms with Crippen molar-refractivity contribution in [3.8, 4) is 0 Å². The van der Waals surface area contributed by atoms with E-state index in [0.717, 1.165) is 29.2 Å². The summed E-state index contributed by atoms with van der Waals surface area (Å²) in [5, 5.41) is 7.45. The molecule has 1 atom stereocenters. The Balaban J connectivity index is 2.14. The van der Waals surface area contributed by atoms with Crippen molar-refractivity contribution < 1.29 is 0 Å². The number of aryl methyl sites for hydroxylation is 2. The first-order chi connectivity index (χ1) is 7.70. The number of hydrogen-bond donors (Lipinski definition) is 1. The summed E-state index contributed by atoms with van der Waals surface area (Å²) in [4.78, 5) is 4.25. The quantitative estimate of drug-likeness (QED) is 0.878. The Hall–Kier alpha value is -1.20. The molecular weight excluding hydrogens is 220 g/mol. The lowest BCUT2D eigenvalue weighted by Crippen LogP contribution is -2.16. The van der Waals surface area contributed by atoms with Crippen LogP contribution in [0.1, 0.15) is 29.4 Å². The molecule has 1 unspecified atom stereocenters. The van der Waals surface area contributed by atoms with Crippen LogP contribution in [0, 0.1) is 0 Å². The molecule has 0 saturated heterocycles. The predicted molar refractivity (Wildman–Crippen MR) is 65.3 cm³/mol. The van der Waals surface area contributed by atoms with Crippen LogP contribution in [0.15, 0.2) is 17.6 Å². The molecule has 86 valence electrons. The van der Waals surface area contributed by atoms with E-state index in [0.29, 0.717) is 0 Å². The van der Waals surface area contributed by atoms with E-state index in [4.69, 9.17) is 5.73 Å². The van der Waals surface area contributed by atoms with Crippen LogP contribution < -0.4 is 5.73 Å². The van der Waals surface area contributed by atoms with E-state index in [1.165, 1.54) is 0 Å². The van der Waals surface area contributed by atoms with Crippen LogP contribution >= 0.6 is 11.3 Å². The third-order valence-electron chi connectivity index (χ3n) is 2.59. The van der Waals surface area contributed by atoms with Crippen molar-refractivity contribution in [2.45, 2.75) is 25.8 Å². The molecule has 2 heterocycles. The third kappa shape index (κ3) is 2.31. The van der Waals surface area contributed by atoms with Gasteiger partial charge in [0.15, 0.2) is 0 Å². The van der Waals surface area contributed by atoms with E-state index >= 15 is 0 Å². The van der Waals surface area contributed by atoms with Gasteiger partial charge < -0.3 is 5.73 Å². The lowest BCUT2D eigenvalue weighted by atomic mass is 10.1. The Morgan fingerprint density at radius 2 is 2.38 bits per heavy atom. The first kappa shape index (κ1) is 11.3. The van der Waals surface area contributed by atoms with Gasteiger partial charge in [-0.1, -0.05) is 6.92 Å². The van der Waals surface area contributed by atoms with E-state index in [-0.39, 0.29) is 6.04 Å². The Labute approximate surface area is 99.1 Å². The Morgan fingerprint density at radius 1 is 1.56 bits per heavy atom. The van der Waals surface area contributed by atoms with Crippen LogP contribution in [0.3, 0.4) is 0 Å². The van der Waals surface area contributed by atoms with Crippen molar-refractivity contribution in [2.24, 2.45) is 12.8 Å². The highest BCUT2D eigenvalue weighted by atomic mass is 32.1. The van der Waals surface area contributed by atoms with Gasteiger partial charge in [-0.05, 0) is 12.5 Å². The largest absolute Gasteiger partial charge is 0.322 e. The summed E-state index contributed by atoms with van der Waals surface area (Å²) in [6.07, 6.45) is 3.53. The van der Waals surface area contributed by atoms with Crippen molar-refractivity contribution in [1.29, 1.82) is 0 Å². The smallest absolute Gasteiger partial charge is 0.0944 e.